The van der Waals surface area contributed by atoms with Crippen LogP contribution in [0.3, 0.4) is 0 Å². The number of rotatable bonds is 3. The number of carbonyl (C=O) groups excluding carboxylic acids is 2. The summed E-state index contributed by atoms with van der Waals surface area (Å²) in [5.41, 5.74) is 0.440. The van der Waals surface area contributed by atoms with Crippen LogP contribution < -0.4 is 5.32 Å². The van der Waals surface area contributed by atoms with E-state index in [2.05, 4.69) is 10.1 Å². The number of esters is 1. The minimum Gasteiger partial charge on any atom is -0.506 e. The van der Waals surface area contributed by atoms with Crippen LogP contribution in [0.25, 0.3) is 0 Å². The van der Waals surface area contributed by atoms with Crippen molar-refractivity contribution in [2.75, 3.05) is 12.4 Å². The first-order valence-corrected chi connectivity index (χ1v) is 6.38. The molecule has 0 fully saturated rings. The van der Waals surface area contributed by atoms with Gasteiger partial charge in [0.2, 0.25) is 0 Å². The molecular weight excluding hydrogens is 294 g/mol. The number of carbonyl (C=O) groups is 2. The summed E-state index contributed by atoms with van der Waals surface area (Å²) in [6.45, 7) is 0. The Hall–Kier alpha value is -2.53. The van der Waals surface area contributed by atoms with Gasteiger partial charge in [0.1, 0.15) is 5.75 Å². The third kappa shape index (κ3) is 3.32. The Morgan fingerprint density at radius 1 is 1.14 bits per heavy atom. The third-order valence-corrected chi connectivity index (χ3v) is 3.02. The Morgan fingerprint density at radius 3 is 2.48 bits per heavy atom. The lowest BCUT2D eigenvalue weighted by Crippen LogP contribution is -2.17. The number of aromatic hydroxyl groups is 1. The number of anilines is 1. The second-order valence-electron chi connectivity index (χ2n) is 4.15. The Kier molecular flexibility index (Phi) is 4.45. The number of hydrogen-bond donors (Lipinski definition) is 2. The molecule has 2 aromatic carbocycles. The summed E-state index contributed by atoms with van der Waals surface area (Å²) in [6, 6.07) is 10.5. The lowest BCUT2D eigenvalue weighted by molar-refractivity contribution is 0.0597. The standard InChI is InChI=1S/C15H12ClNO4/c1-21-15(20)11-5-3-2-4-10(11)14(19)17-12-8-9(16)6-7-13(12)18/h2-8,18H,1H3,(H,17,19). The fraction of sp³-hybridized carbons (Fsp3) is 0.0667. The lowest BCUT2D eigenvalue weighted by Gasteiger charge is -2.10. The Bertz CT molecular complexity index is 700. The van der Waals surface area contributed by atoms with Gasteiger partial charge in [0.15, 0.2) is 0 Å². The summed E-state index contributed by atoms with van der Waals surface area (Å²) in [7, 11) is 1.24. The van der Waals surface area contributed by atoms with Gasteiger partial charge in [0.25, 0.3) is 5.91 Å². The minimum absolute atomic E-state index is 0.122. The molecule has 2 rings (SSSR count). The van der Waals surface area contributed by atoms with Crippen LogP contribution in [0.15, 0.2) is 42.5 Å². The molecule has 0 spiro atoms. The van der Waals surface area contributed by atoms with Crippen molar-refractivity contribution in [3.8, 4) is 5.75 Å². The first-order valence-electron chi connectivity index (χ1n) is 6.00. The first kappa shape index (κ1) is 14.9. The Morgan fingerprint density at radius 2 is 1.81 bits per heavy atom. The predicted molar refractivity (Wildman–Crippen MR) is 78.9 cm³/mol. The van der Waals surface area contributed by atoms with Gasteiger partial charge in [-0.3, -0.25) is 4.79 Å². The van der Waals surface area contributed by atoms with E-state index >= 15 is 0 Å². The smallest absolute Gasteiger partial charge is 0.338 e. The third-order valence-electron chi connectivity index (χ3n) is 2.78. The van der Waals surface area contributed by atoms with E-state index in [-0.39, 0.29) is 22.6 Å². The molecule has 0 aliphatic heterocycles. The van der Waals surface area contributed by atoms with Gasteiger partial charge in [0.05, 0.1) is 23.9 Å². The van der Waals surface area contributed by atoms with Crippen LogP contribution in [-0.4, -0.2) is 24.1 Å². The molecule has 0 radical (unpaired) electrons. The second kappa shape index (κ2) is 6.28. The Balaban J connectivity index is 2.33. The summed E-state index contributed by atoms with van der Waals surface area (Å²) >= 11 is 5.81. The van der Waals surface area contributed by atoms with E-state index < -0.39 is 11.9 Å². The molecule has 2 aromatic rings. The van der Waals surface area contributed by atoms with Crippen molar-refractivity contribution in [1.82, 2.24) is 0 Å². The molecule has 108 valence electrons. The molecule has 0 aromatic heterocycles. The van der Waals surface area contributed by atoms with E-state index in [0.717, 1.165) is 0 Å². The molecule has 2 N–H and O–H groups in total. The van der Waals surface area contributed by atoms with Crippen molar-refractivity contribution < 1.29 is 19.4 Å². The van der Waals surface area contributed by atoms with Crippen LogP contribution in [0.2, 0.25) is 5.02 Å². The van der Waals surface area contributed by atoms with Gasteiger partial charge in [-0.15, -0.1) is 0 Å². The number of nitrogens with one attached hydrogen (secondary N) is 1. The van der Waals surface area contributed by atoms with Crippen LogP contribution in [0.4, 0.5) is 5.69 Å². The van der Waals surface area contributed by atoms with E-state index in [9.17, 15) is 14.7 Å². The SMILES string of the molecule is COC(=O)c1ccccc1C(=O)Nc1cc(Cl)ccc1O. The molecule has 0 heterocycles. The lowest BCUT2D eigenvalue weighted by atomic mass is 10.1. The number of halogens is 1. The molecule has 0 aliphatic rings. The molecule has 1 amide bonds. The summed E-state index contributed by atoms with van der Waals surface area (Å²) in [4.78, 5) is 23.9. The van der Waals surface area contributed by atoms with E-state index in [1.54, 1.807) is 12.1 Å². The molecule has 0 aliphatic carbocycles. The molecule has 5 nitrogen and oxygen atoms in total. The maximum Gasteiger partial charge on any atom is 0.338 e. The zero-order chi connectivity index (χ0) is 15.4. The quantitative estimate of drug-likeness (QED) is 0.675. The van der Waals surface area contributed by atoms with Gasteiger partial charge in [-0.2, -0.15) is 0 Å². The van der Waals surface area contributed by atoms with Gasteiger partial charge in [0, 0.05) is 5.02 Å². The van der Waals surface area contributed by atoms with E-state index in [1.807, 2.05) is 0 Å². The van der Waals surface area contributed by atoms with E-state index in [4.69, 9.17) is 11.6 Å². The van der Waals surface area contributed by atoms with Crippen molar-refractivity contribution in [2.45, 2.75) is 0 Å². The summed E-state index contributed by atoms with van der Waals surface area (Å²) < 4.78 is 4.63. The van der Waals surface area contributed by atoms with Gasteiger partial charge in [-0.05, 0) is 30.3 Å². The zero-order valence-electron chi connectivity index (χ0n) is 11.1. The highest BCUT2D eigenvalue weighted by Gasteiger charge is 2.18. The van der Waals surface area contributed by atoms with E-state index in [1.165, 1.54) is 37.4 Å². The van der Waals surface area contributed by atoms with Crippen LogP contribution in [0.5, 0.6) is 5.75 Å². The molecule has 6 heteroatoms. The fourth-order valence-electron chi connectivity index (χ4n) is 1.77. The number of phenols is 1. The molecule has 21 heavy (non-hydrogen) atoms. The average Bonchev–Trinajstić information content (AvgIpc) is 2.50. The van der Waals surface area contributed by atoms with Gasteiger partial charge in [-0.1, -0.05) is 23.7 Å². The first-order chi connectivity index (χ1) is 10.0. The number of amides is 1. The molecule has 0 unspecified atom stereocenters. The second-order valence-corrected chi connectivity index (χ2v) is 4.59. The van der Waals surface area contributed by atoms with Crippen molar-refractivity contribution in [3.05, 3.63) is 58.6 Å². The number of phenolic OH excluding ortho intramolecular Hbond substituents is 1. The maximum atomic E-state index is 12.2. The van der Waals surface area contributed by atoms with Crippen LogP contribution >= 0.6 is 11.6 Å². The molecule has 0 saturated heterocycles. The van der Waals surface area contributed by atoms with E-state index in [0.29, 0.717) is 5.02 Å². The highest BCUT2D eigenvalue weighted by atomic mass is 35.5. The van der Waals surface area contributed by atoms with Crippen LogP contribution in [-0.2, 0) is 4.74 Å². The largest absolute Gasteiger partial charge is 0.506 e. The Labute approximate surface area is 126 Å². The maximum absolute atomic E-state index is 12.2. The van der Waals surface area contributed by atoms with Gasteiger partial charge >= 0.3 is 5.97 Å². The number of methoxy groups -OCH3 is 1. The van der Waals surface area contributed by atoms with Gasteiger partial charge in [-0.25, -0.2) is 4.79 Å². The van der Waals surface area contributed by atoms with Gasteiger partial charge < -0.3 is 15.2 Å². The highest BCUT2D eigenvalue weighted by molar-refractivity contribution is 6.31. The molecular formula is C15H12ClNO4. The van der Waals surface area contributed by atoms with Crippen molar-refractivity contribution in [1.29, 1.82) is 0 Å². The highest BCUT2D eigenvalue weighted by Crippen LogP contribution is 2.27. The number of ether oxygens (including phenoxy) is 1. The number of benzene rings is 2. The van der Waals surface area contributed by atoms with Crippen molar-refractivity contribution >= 4 is 29.2 Å². The van der Waals surface area contributed by atoms with Crippen LogP contribution in [0.1, 0.15) is 20.7 Å². The summed E-state index contributed by atoms with van der Waals surface area (Å²) in [5, 5.41) is 12.6. The predicted octanol–water partition coefficient (Wildman–Crippen LogP) is 3.08. The van der Waals surface area contributed by atoms with Crippen molar-refractivity contribution in [3.63, 3.8) is 0 Å². The van der Waals surface area contributed by atoms with Crippen LogP contribution in [0, 0.1) is 0 Å². The summed E-state index contributed by atoms with van der Waals surface area (Å²) in [5.74, 6) is -1.28. The zero-order valence-corrected chi connectivity index (χ0v) is 11.8. The molecule has 0 atom stereocenters. The normalized spacial score (nSPS) is 10.0. The number of hydrogen-bond acceptors (Lipinski definition) is 4. The minimum atomic E-state index is -0.615. The fourth-order valence-corrected chi connectivity index (χ4v) is 1.94. The summed E-state index contributed by atoms with van der Waals surface area (Å²) in [6.07, 6.45) is 0. The molecule has 0 bridgehead atoms. The topological polar surface area (TPSA) is 75.6 Å². The van der Waals surface area contributed by atoms with Crippen molar-refractivity contribution in [2.24, 2.45) is 0 Å². The monoisotopic (exact) mass is 305 g/mol. The average molecular weight is 306 g/mol. The molecule has 0 saturated carbocycles.